The first-order valence-corrected chi connectivity index (χ1v) is 11.4. The van der Waals surface area contributed by atoms with E-state index < -0.39 is 0 Å². The van der Waals surface area contributed by atoms with Gasteiger partial charge in [-0.3, -0.25) is 4.79 Å². The number of halogens is 1. The standard InChI is InChI=1S/C22H23ClN8O/c23-16-14-2-1-9-25-20(14)29-18(16)17-15-19(24)26-10-27-21(15)31(30-17)13-7-5-12(6-8-13)28-22(32)11-3-4-11/h1-2,9-13H,3-8H2,(H,25,29)(H,28,32)(H2,24,26,27)/t12-,13-. The van der Waals surface area contributed by atoms with Crippen molar-refractivity contribution < 1.29 is 4.79 Å². The van der Waals surface area contributed by atoms with E-state index in [-0.39, 0.29) is 23.9 Å². The Morgan fingerprint density at radius 3 is 2.72 bits per heavy atom. The molecule has 1 amide bonds. The van der Waals surface area contributed by atoms with E-state index in [9.17, 15) is 4.79 Å². The van der Waals surface area contributed by atoms with Crippen LogP contribution < -0.4 is 11.1 Å². The van der Waals surface area contributed by atoms with Crippen molar-refractivity contribution in [2.45, 2.75) is 50.6 Å². The van der Waals surface area contributed by atoms with Crippen LogP contribution in [0.2, 0.25) is 5.02 Å². The molecule has 9 nitrogen and oxygen atoms in total. The van der Waals surface area contributed by atoms with Crippen molar-refractivity contribution in [2.24, 2.45) is 5.92 Å². The smallest absolute Gasteiger partial charge is 0.223 e. The van der Waals surface area contributed by atoms with Gasteiger partial charge in [0, 0.05) is 23.5 Å². The van der Waals surface area contributed by atoms with E-state index in [0.717, 1.165) is 43.9 Å². The fourth-order valence-electron chi connectivity index (χ4n) is 4.71. The number of nitrogen functional groups attached to an aromatic ring is 1. The van der Waals surface area contributed by atoms with Crippen LogP contribution in [-0.4, -0.2) is 41.7 Å². The summed E-state index contributed by atoms with van der Waals surface area (Å²) in [6.45, 7) is 0. The number of hydrogen-bond donors (Lipinski definition) is 3. The first-order valence-electron chi connectivity index (χ1n) is 11.0. The van der Waals surface area contributed by atoms with Crippen LogP contribution in [0.5, 0.6) is 0 Å². The van der Waals surface area contributed by atoms with Crippen LogP contribution in [0.3, 0.4) is 0 Å². The summed E-state index contributed by atoms with van der Waals surface area (Å²) in [5.74, 6) is 0.813. The zero-order valence-corrected chi connectivity index (χ0v) is 18.1. The third-order valence-corrected chi connectivity index (χ3v) is 6.99. The SMILES string of the molecule is Nc1ncnc2c1c(-c1[nH]c3ncccc3c1Cl)nn2[C@H]1CC[C@H](NC(=O)C2CC2)CC1. The predicted molar refractivity (Wildman–Crippen MR) is 122 cm³/mol. The fourth-order valence-corrected chi connectivity index (χ4v) is 5.00. The van der Waals surface area contributed by atoms with Crippen LogP contribution >= 0.6 is 11.6 Å². The van der Waals surface area contributed by atoms with Gasteiger partial charge >= 0.3 is 0 Å². The number of hydrogen-bond acceptors (Lipinski definition) is 6. The molecule has 4 N–H and O–H groups in total. The number of nitrogens with two attached hydrogens (primary N) is 1. The minimum Gasteiger partial charge on any atom is -0.383 e. The van der Waals surface area contributed by atoms with Crippen molar-refractivity contribution >= 4 is 45.4 Å². The van der Waals surface area contributed by atoms with Crippen LogP contribution in [0.4, 0.5) is 5.82 Å². The summed E-state index contributed by atoms with van der Waals surface area (Å²) >= 11 is 6.70. The summed E-state index contributed by atoms with van der Waals surface area (Å²) in [7, 11) is 0. The van der Waals surface area contributed by atoms with Crippen LogP contribution in [0.15, 0.2) is 24.7 Å². The molecule has 0 atom stereocenters. The summed E-state index contributed by atoms with van der Waals surface area (Å²) in [5, 5.41) is 10.2. The molecule has 6 rings (SSSR count). The molecule has 0 aliphatic heterocycles. The van der Waals surface area contributed by atoms with Crippen molar-refractivity contribution in [1.29, 1.82) is 0 Å². The van der Waals surface area contributed by atoms with Crippen LogP contribution in [0, 0.1) is 5.92 Å². The number of pyridine rings is 1. The summed E-state index contributed by atoms with van der Waals surface area (Å²) < 4.78 is 1.96. The number of carbonyl (C=O) groups excluding carboxylic acids is 1. The number of nitrogens with zero attached hydrogens (tertiary/aromatic N) is 5. The van der Waals surface area contributed by atoms with Crippen LogP contribution in [0.25, 0.3) is 33.5 Å². The highest BCUT2D eigenvalue weighted by atomic mass is 35.5. The van der Waals surface area contributed by atoms with Gasteiger partial charge in [0.25, 0.3) is 0 Å². The summed E-state index contributed by atoms with van der Waals surface area (Å²) in [6, 6.07) is 4.16. The normalized spacial score (nSPS) is 21.3. The molecule has 2 fully saturated rings. The highest BCUT2D eigenvalue weighted by Crippen LogP contribution is 2.40. The van der Waals surface area contributed by atoms with E-state index in [1.54, 1.807) is 6.20 Å². The number of amides is 1. The molecule has 2 aliphatic rings. The fraction of sp³-hybridized carbons (Fsp3) is 0.409. The zero-order chi connectivity index (χ0) is 21.8. The largest absolute Gasteiger partial charge is 0.383 e. The third-order valence-electron chi connectivity index (χ3n) is 6.60. The summed E-state index contributed by atoms with van der Waals surface area (Å²) in [5.41, 5.74) is 8.95. The summed E-state index contributed by atoms with van der Waals surface area (Å²) in [6.07, 6.45) is 8.86. The first-order chi connectivity index (χ1) is 15.6. The maximum Gasteiger partial charge on any atom is 0.223 e. The van der Waals surface area contributed by atoms with E-state index in [4.69, 9.17) is 22.4 Å². The Balaban J connectivity index is 1.35. The Morgan fingerprint density at radius 2 is 1.97 bits per heavy atom. The van der Waals surface area contributed by atoms with Crippen molar-refractivity contribution in [1.82, 2.24) is 35.0 Å². The molecule has 0 radical (unpaired) electrons. The molecule has 10 heteroatoms. The van der Waals surface area contributed by atoms with E-state index in [1.807, 2.05) is 16.8 Å². The first kappa shape index (κ1) is 19.5. The molecule has 0 bridgehead atoms. The molecule has 2 saturated carbocycles. The monoisotopic (exact) mass is 450 g/mol. The molecule has 0 spiro atoms. The minimum absolute atomic E-state index is 0.163. The topological polar surface area (TPSA) is 127 Å². The zero-order valence-electron chi connectivity index (χ0n) is 17.4. The average Bonchev–Trinajstić information content (AvgIpc) is 3.52. The maximum atomic E-state index is 12.1. The van der Waals surface area contributed by atoms with E-state index in [1.165, 1.54) is 6.33 Å². The van der Waals surface area contributed by atoms with E-state index in [2.05, 4.69) is 25.3 Å². The van der Waals surface area contributed by atoms with Gasteiger partial charge in [0.05, 0.1) is 22.1 Å². The Bertz CT molecular complexity index is 1330. The molecule has 32 heavy (non-hydrogen) atoms. The lowest BCUT2D eigenvalue weighted by molar-refractivity contribution is -0.123. The third kappa shape index (κ3) is 3.19. The quantitative estimate of drug-likeness (QED) is 0.435. The van der Waals surface area contributed by atoms with Crippen molar-refractivity contribution in [3.63, 3.8) is 0 Å². The van der Waals surface area contributed by atoms with Gasteiger partial charge in [-0.2, -0.15) is 5.10 Å². The highest BCUT2D eigenvalue weighted by Gasteiger charge is 2.33. The van der Waals surface area contributed by atoms with Gasteiger partial charge in [0.15, 0.2) is 5.65 Å². The average molecular weight is 451 g/mol. The molecule has 0 aromatic carbocycles. The molecular weight excluding hydrogens is 428 g/mol. The second-order valence-electron chi connectivity index (χ2n) is 8.75. The van der Waals surface area contributed by atoms with Gasteiger partial charge in [-0.05, 0) is 50.7 Å². The predicted octanol–water partition coefficient (Wildman–Crippen LogP) is 3.62. The molecule has 0 unspecified atom stereocenters. The second-order valence-corrected chi connectivity index (χ2v) is 9.13. The molecule has 4 aromatic rings. The Morgan fingerprint density at radius 1 is 1.16 bits per heavy atom. The van der Waals surface area contributed by atoms with Gasteiger partial charge in [0.1, 0.15) is 23.5 Å². The van der Waals surface area contributed by atoms with E-state index in [0.29, 0.717) is 38.9 Å². The number of aromatic amines is 1. The molecule has 4 aromatic heterocycles. The lowest BCUT2D eigenvalue weighted by atomic mass is 9.91. The molecule has 2 aliphatic carbocycles. The Hall–Kier alpha value is -3.20. The molecule has 0 saturated heterocycles. The van der Waals surface area contributed by atoms with Gasteiger partial charge in [0.2, 0.25) is 5.91 Å². The maximum absolute atomic E-state index is 12.1. The Labute approximate surface area is 188 Å². The molecule has 164 valence electrons. The molecule has 4 heterocycles. The second kappa shape index (κ2) is 7.44. The van der Waals surface area contributed by atoms with Crippen LogP contribution in [-0.2, 0) is 4.79 Å². The van der Waals surface area contributed by atoms with Gasteiger partial charge in [-0.15, -0.1) is 0 Å². The van der Waals surface area contributed by atoms with Crippen LogP contribution in [0.1, 0.15) is 44.6 Å². The summed E-state index contributed by atoms with van der Waals surface area (Å²) in [4.78, 5) is 28.5. The number of aromatic nitrogens is 6. The van der Waals surface area contributed by atoms with Crippen molar-refractivity contribution in [3.8, 4) is 11.4 Å². The van der Waals surface area contributed by atoms with Gasteiger partial charge < -0.3 is 16.0 Å². The minimum atomic E-state index is 0.163. The van der Waals surface area contributed by atoms with Crippen molar-refractivity contribution in [3.05, 3.63) is 29.7 Å². The number of anilines is 1. The lowest BCUT2D eigenvalue weighted by Crippen LogP contribution is -2.38. The number of fused-ring (bicyclic) bond motifs is 2. The molecular formula is C22H23ClN8O. The lowest BCUT2D eigenvalue weighted by Gasteiger charge is -2.29. The number of rotatable bonds is 4. The van der Waals surface area contributed by atoms with Crippen molar-refractivity contribution in [2.75, 3.05) is 5.73 Å². The van der Waals surface area contributed by atoms with Gasteiger partial charge in [-0.1, -0.05) is 11.6 Å². The number of H-pyrrole nitrogens is 1. The van der Waals surface area contributed by atoms with Gasteiger partial charge in [-0.25, -0.2) is 19.6 Å². The highest BCUT2D eigenvalue weighted by molar-refractivity contribution is 6.38. The number of nitrogens with one attached hydrogen (secondary N) is 2. The number of carbonyl (C=O) groups is 1. The van der Waals surface area contributed by atoms with E-state index >= 15 is 0 Å². The Kier molecular flexibility index (Phi) is 4.53.